The topological polar surface area (TPSA) is 99.7 Å². The maximum Gasteiger partial charge on any atom is 0.254 e. The van der Waals surface area contributed by atoms with Crippen molar-refractivity contribution >= 4 is 22.8 Å². The molecule has 0 bridgehead atoms. The molecule has 0 radical (unpaired) electrons. The Morgan fingerprint density at radius 1 is 1.31 bits per heavy atom. The fourth-order valence-electron chi connectivity index (χ4n) is 3.22. The van der Waals surface area contributed by atoms with Gasteiger partial charge in [0, 0.05) is 25.2 Å². The Labute approximate surface area is 148 Å². The SMILES string of the molecule is Cc1ccc(N2CCCC(NC(=O)c3cc(F)cc4n[nH]nc34)C2)nn1. The molecule has 1 aliphatic heterocycles. The predicted molar refractivity (Wildman–Crippen MR) is 93.3 cm³/mol. The molecule has 0 aliphatic carbocycles. The van der Waals surface area contributed by atoms with Crippen molar-refractivity contribution in [3.05, 3.63) is 41.3 Å². The van der Waals surface area contributed by atoms with Crippen molar-refractivity contribution in [3.8, 4) is 0 Å². The first-order valence-electron chi connectivity index (χ1n) is 8.46. The minimum Gasteiger partial charge on any atom is -0.353 e. The van der Waals surface area contributed by atoms with E-state index in [2.05, 4.69) is 35.8 Å². The Balaban J connectivity index is 1.50. The third-order valence-corrected chi connectivity index (χ3v) is 4.50. The number of carbonyl (C=O) groups is 1. The first kappa shape index (κ1) is 16.4. The first-order valence-corrected chi connectivity index (χ1v) is 8.46. The average Bonchev–Trinajstić information content (AvgIpc) is 3.10. The molecule has 1 fully saturated rings. The zero-order valence-corrected chi connectivity index (χ0v) is 14.2. The van der Waals surface area contributed by atoms with Crippen molar-refractivity contribution in [1.29, 1.82) is 0 Å². The Hall–Kier alpha value is -3.10. The predicted octanol–water partition coefficient (Wildman–Crippen LogP) is 1.59. The number of hydrogen-bond acceptors (Lipinski definition) is 6. The van der Waals surface area contributed by atoms with Gasteiger partial charge in [-0.25, -0.2) is 4.39 Å². The molecule has 0 spiro atoms. The van der Waals surface area contributed by atoms with Crippen LogP contribution in [0.25, 0.3) is 11.0 Å². The molecule has 4 rings (SSSR count). The Bertz CT molecular complexity index is 940. The van der Waals surface area contributed by atoms with Gasteiger partial charge in [-0.05, 0) is 38.0 Å². The van der Waals surface area contributed by atoms with Gasteiger partial charge < -0.3 is 10.2 Å². The number of benzene rings is 1. The highest BCUT2D eigenvalue weighted by atomic mass is 19.1. The third kappa shape index (κ3) is 3.19. The molecule has 1 amide bonds. The van der Waals surface area contributed by atoms with Crippen molar-refractivity contribution in [3.63, 3.8) is 0 Å². The number of hydrogen-bond donors (Lipinski definition) is 2. The number of anilines is 1. The molecule has 0 saturated carbocycles. The quantitative estimate of drug-likeness (QED) is 0.740. The zero-order valence-electron chi connectivity index (χ0n) is 14.2. The molecule has 134 valence electrons. The van der Waals surface area contributed by atoms with Gasteiger partial charge in [-0.15, -0.1) is 5.10 Å². The van der Waals surface area contributed by atoms with Crippen molar-refractivity contribution in [2.45, 2.75) is 25.8 Å². The van der Waals surface area contributed by atoms with Crippen LogP contribution in [0.3, 0.4) is 0 Å². The van der Waals surface area contributed by atoms with Gasteiger partial charge >= 0.3 is 0 Å². The van der Waals surface area contributed by atoms with Gasteiger partial charge in [0.1, 0.15) is 16.9 Å². The lowest BCUT2D eigenvalue weighted by atomic mass is 10.0. The maximum absolute atomic E-state index is 13.7. The van der Waals surface area contributed by atoms with Crippen LogP contribution in [0.4, 0.5) is 10.2 Å². The minimum atomic E-state index is -0.517. The van der Waals surface area contributed by atoms with Crippen LogP contribution in [0.2, 0.25) is 0 Å². The number of carbonyl (C=O) groups excluding carboxylic acids is 1. The van der Waals surface area contributed by atoms with E-state index in [4.69, 9.17) is 0 Å². The van der Waals surface area contributed by atoms with E-state index in [1.807, 2.05) is 19.1 Å². The number of nitrogens with one attached hydrogen (secondary N) is 2. The van der Waals surface area contributed by atoms with Crippen LogP contribution >= 0.6 is 0 Å². The van der Waals surface area contributed by atoms with Gasteiger partial charge in [-0.3, -0.25) is 4.79 Å². The fraction of sp³-hybridized carbons (Fsp3) is 0.353. The molecule has 1 aliphatic rings. The highest BCUT2D eigenvalue weighted by molar-refractivity contribution is 6.04. The molecule has 8 nitrogen and oxygen atoms in total. The van der Waals surface area contributed by atoms with E-state index >= 15 is 0 Å². The number of aryl methyl sites for hydroxylation is 1. The number of aromatic nitrogens is 5. The number of rotatable bonds is 3. The molecule has 1 atom stereocenters. The van der Waals surface area contributed by atoms with Crippen LogP contribution in [0.1, 0.15) is 28.9 Å². The molecule has 3 aromatic rings. The van der Waals surface area contributed by atoms with Crippen LogP contribution in [-0.2, 0) is 0 Å². The van der Waals surface area contributed by atoms with Crippen LogP contribution < -0.4 is 10.2 Å². The van der Waals surface area contributed by atoms with E-state index in [-0.39, 0.29) is 17.5 Å². The first-order chi connectivity index (χ1) is 12.6. The molecule has 2 N–H and O–H groups in total. The molecular weight excluding hydrogens is 337 g/mol. The van der Waals surface area contributed by atoms with Crippen molar-refractivity contribution in [2.24, 2.45) is 0 Å². The number of nitrogens with zero attached hydrogens (tertiary/aromatic N) is 5. The van der Waals surface area contributed by atoms with Gasteiger partial charge in [0.15, 0.2) is 5.82 Å². The Morgan fingerprint density at radius 2 is 2.19 bits per heavy atom. The van der Waals surface area contributed by atoms with Gasteiger partial charge in [0.25, 0.3) is 5.91 Å². The summed E-state index contributed by atoms with van der Waals surface area (Å²) in [5.41, 5.74) is 1.73. The van der Waals surface area contributed by atoms with E-state index in [0.29, 0.717) is 17.6 Å². The number of amides is 1. The van der Waals surface area contributed by atoms with Crippen molar-refractivity contribution in [1.82, 2.24) is 30.9 Å². The van der Waals surface area contributed by atoms with E-state index < -0.39 is 5.82 Å². The average molecular weight is 355 g/mol. The summed E-state index contributed by atoms with van der Waals surface area (Å²) in [6, 6.07) is 6.21. The number of aromatic amines is 1. The summed E-state index contributed by atoms with van der Waals surface area (Å²) in [7, 11) is 0. The molecule has 1 saturated heterocycles. The summed E-state index contributed by atoms with van der Waals surface area (Å²) in [6.07, 6.45) is 1.77. The van der Waals surface area contributed by atoms with Crippen LogP contribution in [-0.4, -0.2) is 50.6 Å². The Morgan fingerprint density at radius 3 is 3.00 bits per heavy atom. The minimum absolute atomic E-state index is 0.0652. The summed E-state index contributed by atoms with van der Waals surface area (Å²) in [4.78, 5) is 14.8. The lowest BCUT2D eigenvalue weighted by molar-refractivity contribution is 0.0934. The van der Waals surface area contributed by atoms with E-state index in [9.17, 15) is 9.18 Å². The second kappa shape index (κ2) is 6.66. The number of fused-ring (bicyclic) bond motifs is 1. The van der Waals surface area contributed by atoms with Crippen molar-refractivity contribution < 1.29 is 9.18 Å². The number of H-pyrrole nitrogens is 1. The maximum atomic E-state index is 13.7. The molecule has 3 heterocycles. The zero-order chi connectivity index (χ0) is 18.1. The van der Waals surface area contributed by atoms with Crippen LogP contribution in [0.5, 0.6) is 0 Å². The van der Waals surface area contributed by atoms with Crippen LogP contribution in [0, 0.1) is 12.7 Å². The summed E-state index contributed by atoms with van der Waals surface area (Å²) in [5, 5.41) is 21.5. The highest BCUT2D eigenvalue weighted by Gasteiger charge is 2.24. The second-order valence-electron chi connectivity index (χ2n) is 6.44. The molecular formula is C17H18FN7O. The highest BCUT2D eigenvalue weighted by Crippen LogP contribution is 2.19. The summed E-state index contributed by atoms with van der Waals surface area (Å²) in [5.74, 6) is -0.0822. The van der Waals surface area contributed by atoms with Gasteiger partial charge in [0.2, 0.25) is 0 Å². The molecule has 9 heteroatoms. The van der Waals surface area contributed by atoms with E-state index in [1.54, 1.807) is 0 Å². The van der Waals surface area contributed by atoms with Gasteiger partial charge in [-0.1, -0.05) is 0 Å². The molecule has 1 unspecified atom stereocenters. The summed E-state index contributed by atoms with van der Waals surface area (Å²) in [6.45, 7) is 3.37. The monoisotopic (exact) mass is 355 g/mol. The van der Waals surface area contributed by atoms with Crippen molar-refractivity contribution in [2.75, 3.05) is 18.0 Å². The summed E-state index contributed by atoms with van der Waals surface area (Å²) < 4.78 is 13.7. The van der Waals surface area contributed by atoms with Crippen LogP contribution in [0.15, 0.2) is 24.3 Å². The number of piperidine rings is 1. The number of halogens is 1. The standard InChI is InChI=1S/C17H18FN7O/c1-10-4-5-15(22-20-10)25-6-2-3-12(9-25)19-17(26)13-7-11(18)8-14-16(13)23-24-21-14/h4-5,7-8,12H,2-3,6,9H2,1H3,(H,19,26)(H,21,23,24). The molecule has 2 aromatic heterocycles. The van der Waals surface area contributed by atoms with Gasteiger partial charge in [0.05, 0.1) is 11.3 Å². The molecule has 1 aromatic carbocycles. The summed E-state index contributed by atoms with van der Waals surface area (Å²) >= 11 is 0. The molecule has 26 heavy (non-hydrogen) atoms. The van der Waals surface area contributed by atoms with E-state index in [1.165, 1.54) is 12.1 Å². The third-order valence-electron chi connectivity index (χ3n) is 4.50. The Kier molecular flexibility index (Phi) is 4.19. The van der Waals surface area contributed by atoms with E-state index in [0.717, 1.165) is 30.9 Å². The normalized spacial score (nSPS) is 17.5. The lowest BCUT2D eigenvalue weighted by Gasteiger charge is -2.33. The largest absolute Gasteiger partial charge is 0.353 e. The lowest BCUT2D eigenvalue weighted by Crippen LogP contribution is -2.48. The second-order valence-corrected chi connectivity index (χ2v) is 6.44. The smallest absolute Gasteiger partial charge is 0.254 e. The van der Waals surface area contributed by atoms with Gasteiger partial charge in [-0.2, -0.15) is 20.5 Å². The fourth-order valence-corrected chi connectivity index (χ4v) is 3.22.